The predicted octanol–water partition coefficient (Wildman–Crippen LogP) is 3.08. The maximum Gasteiger partial charge on any atom is 0.256 e. The lowest BCUT2D eigenvalue weighted by Crippen LogP contribution is -2.12. The summed E-state index contributed by atoms with van der Waals surface area (Å²) in [5, 5.41) is 6.92. The first-order valence-electron chi connectivity index (χ1n) is 7.11. The fourth-order valence-corrected chi connectivity index (χ4v) is 2.51. The van der Waals surface area contributed by atoms with Gasteiger partial charge in [-0.1, -0.05) is 0 Å². The van der Waals surface area contributed by atoms with Crippen molar-refractivity contribution in [3.05, 3.63) is 65.6 Å². The molecule has 0 bridgehead atoms. The van der Waals surface area contributed by atoms with Crippen molar-refractivity contribution in [3.8, 4) is 5.69 Å². The number of rotatable bonds is 3. The highest BCUT2D eigenvalue weighted by Crippen LogP contribution is 2.17. The Kier molecular flexibility index (Phi) is 3.55. The van der Waals surface area contributed by atoms with Crippen LogP contribution in [0.4, 0.5) is 5.82 Å². The second-order valence-electron chi connectivity index (χ2n) is 5.33. The highest BCUT2D eigenvalue weighted by molar-refractivity contribution is 6.03. The van der Waals surface area contributed by atoms with Crippen LogP contribution in [-0.2, 0) is 7.05 Å². The second kappa shape index (κ2) is 5.52. The molecule has 0 spiro atoms. The third-order valence-electron chi connectivity index (χ3n) is 3.61. The van der Waals surface area contributed by atoms with E-state index < -0.39 is 0 Å². The molecule has 3 rings (SSSR count). The zero-order valence-electron chi connectivity index (χ0n) is 12.9. The number of aryl methyl sites for hydroxylation is 3. The van der Waals surface area contributed by atoms with Gasteiger partial charge >= 0.3 is 0 Å². The largest absolute Gasteiger partial charge is 0.319 e. The number of hydrogen-bond acceptors (Lipinski definition) is 2. The minimum atomic E-state index is -0.161. The van der Waals surface area contributed by atoms with Gasteiger partial charge in [-0.25, -0.2) is 0 Å². The van der Waals surface area contributed by atoms with E-state index >= 15 is 0 Å². The summed E-state index contributed by atoms with van der Waals surface area (Å²) in [6.45, 7) is 4.13. The van der Waals surface area contributed by atoms with Crippen LogP contribution in [0.2, 0.25) is 0 Å². The normalized spacial score (nSPS) is 10.7. The Bertz CT molecular complexity index is 792. The summed E-state index contributed by atoms with van der Waals surface area (Å²) in [5.74, 6) is 0.389. The van der Waals surface area contributed by atoms with Gasteiger partial charge in [-0.15, -0.1) is 0 Å². The molecular weight excluding hydrogens is 276 g/mol. The van der Waals surface area contributed by atoms with E-state index in [0.717, 1.165) is 5.69 Å². The lowest BCUT2D eigenvalue weighted by Gasteiger charge is -2.10. The maximum absolute atomic E-state index is 12.2. The van der Waals surface area contributed by atoms with Crippen molar-refractivity contribution >= 4 is 11.7 Å². The zero-order chi connectivity index (χ0) is 15.7. The van der Waals surface area contributed by atoms with Crippen LogP contribution < -0.4 is 5.32 Å². The molecule has 0 fully saturated rings. The molecule has 0 aliphatic rings. The topological polar surface area (TPSA) is 51.9 Å². The molecule has 112 valence electrons. The summed E-state index contributed by atoms with van der Waals surface area (Å²) < 4.78 is 3.80. The maximum atomic E-state index is 12.2. The number of carbonyl (C=O) groups is 1. The van der Waals surface area contributed by atoms with E-state index in [-0.39, 0.29) is 5.91 Å². The molecule has 1 aromatic carbocycles. The summed E-state index contributed by atoms with van der Waals surface area (Å²) >= 11 is 0. The van der Waals surface area contributed by atoms with E-state index in [0.29, 0.717) is 11.4 Å². The predicted molar refractivity (Wildman–Crippen MR) is 86.4 cm³/mol. The van der Waals surface area contributed by atoms with E-state index in [1.54, 1.807) is 16.9 Å². The van der Waals surface area contributed by atoms with Gasteiger partial charge in [0.05, 0.1) is 0 Å². The number of anilines is 1. The molecule has 2 heterocycles. The molecule has 0 aliphatic carbocycles. The first-order chi connectivity index (χ1) is 10.5. The summed E-state index contributed by atoms with van der Waals surface area (Å²) in [4.78, 5) is 12.2. The van der Waals surface area contributed by atoms with Crippen LogP contribution in [0.5, 0.6) is 0 Å². The van der Waals surface area contributed by atoms with Crippen molar-refractivity contribution in [3.63, 3.8) is 0 Å². The highest BCUT2D eigenvalue weighted by atomic mass is 16.1. The third-order valence-corrected chi connectivity index (χ3v) is 3.61. The minimum Gasteiger partial charge on any atom is -0.319 e. The number of benzene rings is 1. The number of amides is 1. The van der Waals surface area contributed by atoms with Gasteiger partial charge in [0, 0.05) is 41.9 Å². The van der Waals surface area contributed by atoms with Gasteiger partial charge in [0.2, 0.25) is 0 Å². The Hall–Kier alpha value is -2.82. The van der Waals surface area contributed by atoms with Crippen molar-refractivity contribution in [1.29, 1.82) is 0 Å². The van der Waals surface area contributed by atoms with Crippen LogP contribution in [0, 0.1) is 13.8 Å². The second-order valence-corrected chi connectivity index (χ2v) is 5.33. The number of nitrogens with zero attached hydrogens (tertiary/aromatic N) is 3. The Morgan fingerprint density at radius 1 is 1.00 bits per heavy atom. The molecule has 0 aliphatic heterocycles. The number of hydrogen-bond donors (Lipinski definition) is 1. The SMILES string of the molecule is Cc1ccc(C)n1-c1ccc(C(=O)Nc2ccn(C)n2)cc1. The molecule has 0 atom stereocenters. The first-order valence-corrected chi connectivity index (χ1v) is 7.11. The van der Waals surface area contributed by atoms with Gasteiger partial charge in [0.25, 0.3) is 5.91 Å². The molecule has 0 saturated heterocycles. The minimum absolute atomic E-state index is 0.161. The van der Waals surface area contributed by atoms with Gasteiger partial charge in [-0.05, 0) is 50.2 Å². The van der Waals surface area contributed by atoms with Gasteiger partial charge < -0.3 is 9.88 Å². The van der Waals surface area contributed by atoms with E-state index in [2.05, 4.69) is 41.0 Å². The van der Waals surface area contributed by atoms with Gasteiger partial charge in [0.1, 0.15) is 0 Å². The Morgan fingerprint density at radius 3 is 2.18 bits per heavy atom. The molecule has 2 aromatic heterocycles. The van der Waals surface area contributed by atoms with Crippen LogP contribution in [0.1, 0.15) is 21.7 Å². The van der Waals surface area contributed by atoms with Crippen LogP contribution in [0.25, 0.3) is 5.69 Å². The number of carbonyl (C=O) groups excluding carboxylic acids is 1. The molecule has 22 heavy (non-hydrogen) atoms. The van der Waals surface area contributed by atoms with Crippen molar-refractivity contribution in [2.45, 2.75) is 13.8 Å². The first kappa shape index (κ1) is 14.1. The molecule has 5 heteroatoms. The van der Waals surface area contributed by atoms with E-state index in [9.17, 15) is 4.79 Å². The molecule has 1 amide bonds. The Balaban J connectivity index is 1.81. The highest BCUT2D eigenvalue weighted by Gasteiger charge is 2.09. The van der Waals surface area contributed by atoms with Gasteiger partial charge in [-0.2, -0.15) is 5.10 Å². The van der Waals surface area contributed by atoms with Crippen molar-refractivity contribution in [2.24, 2.45) is 7.05 Å². The summed E-state index contributed by atoms with van der Waals surface area (Å²) in [5.41, 5.74) is 4.00. The summed E-state index contributed by atoms with van der Waals surface area (Å²) in [6.07, 6.45) is 1.79. The molecule has 5 nitrogen and oxygen atoms in total. The average molecular weight is 294 g/mol. The number of nitrogens with one attached hydrogen (secondary N) is 1. The molecule has 3 aromatic rings. The quantitative estimate of drug-likeness (QED) is 0.807. The van der Waals surface area contributed by atoms with Gasteiger partial charge in [-0.3, -0.25) is 9.48 Å². The summed E-state index contributed by atoms with van der Waals surface area (Å²) in [7, 11) is 1.81. The molecule has 0 saturated carbocycles. The van der Waals surface area contributed by atoms with Crippen LogP contribution in [0.15, 0.2) is 48.7 Å². The average Bonchev–Trinajstić information content (AvgIpc) is 3.05. The van der Waals surface area contributed by atoms with Crippen molar-refractivity contribution < 1.29 is 4.79 Å². The van der Waals surface area contributed by atoms with Crippen LogP contribution in [0.3, 0.4) is 0 Å². The fourth-order valence-electron chi connectivity index (χ4n) is 2.51. The zero-order valence-corrected chi connectivity index (χ0v) is 12.9. The Labute approximate surface area is 129 Å². The Morgan fingerprint density at radius 2 is 1.64 bits per heavy atom. The fraction of sp³-hybridized carbons (Fsp3) is 0.176. The third kappa shape index (κ3) is 2.65. The van der Waals surface area contributed by atoms with E-state index in [1.165, 1.54) is 11.4 Å². The van der Waals surface area contributed by atoms with Crippen LogP contribution >= 0.6 is 0 Å². The lowest BCUT2D eigenvalue weighted by atomic mass is 10.2. The lowest BCUT2D eigenvalue weighted by molar-refractivity contribution is 0.102. The molecular formula is C17H18N4O. The van der Waals surface area contributed by atoms with E-state index in [1.807, 2.05) is 31.3 Å². The monoisotopic (exact) mass is 294 g/mol. The molecule has 1 N–H and O–H groups in total. The van der Waals surface area contributed by atoms with Gasteiger partial charge in [0.15, 0.2) is 5.82 Å². The summed E-state index contributed by atoms with van der Waals surface area (Å²) in [6, 6.07) is 13.5. The molecule has 0 unspecified atom stereocenters. The number of aromatic nitrogens is 3. The van der Waals surface area contributed by atoms with Crippen molar-refractivity contribution in [2.75, 3.05) is 5.32 Å². The van der Waals surface area contributed by atoms with Crippen LogP contribution in [-0.4, -0.2) is 20.3 Å². The molecule has 0 radical (unpaired) electrons. The van der Waals surface area contributed by atoms with E-state index in [4.69, 9.17) is 0 Å². The smallest absolute Gasteiger partial charge is 0.256 e. The van der Waals surface area contributed by atoms with Crippen molar-refractivity contribution in [1.82, 2.24) is 14.3 Å². The standard InChI is InChI=1S/C17H18N4O/c1-12-4-5-13(2)21(12)15-8-6-14(7-9-15)17(22)18-16-10-11-20(3)19-16/h4-11H,1-3H3,(H,18,19,22).